The third-order valence-electron chi connectivity index (χ3n) is 7.91. The number of ether oxygens (including phenoxy) is 1. The minimum absolute atomic E-state index is 0.307. The zero-order valence-corrected chi connectivity index (χ0v) is 23.4. The Hall–Kier alpha value is -4.28. The summed E-state index contributed by atoms with van der Waals surface area (Å²) >= 11 is 6.11. The molecule has 0 spiro atoms. The maximum atomic E-state index is 13.9. The lowest BCUT2D eigenvalue weighted by atomic mass is 9.84. The number of fused-ring (bicyclic) bond motifs is 1. The number of hydrogen-bond acceptors (Lipinski definition) is 4. The monoisotopic (exact) mass is 559 g/mol. The number of para-hydroxylation sites is 1. The van der Waals surface area contributed by atoms with Crippen LogP contribution in [0.3, 0.4) is 0 Å². The van der Waals surface area contributed by atoms with E-state index >= 15 is 0 Å². The lowest BCUT2D eigenvalue weighted by Crippen LogP contribution is -2.20. The molecule has 0 saturated heterocycles. The van der Waals surface area contributed by atoms with Gasteiger partial charge in [-0.1, -0.05) is 116 Å². The van der Waals surface area contributed by atoms with E-state index in [2.05, 4.69) is 24.3 Å². The molecule has 1 aromatic heterocycles. The van der Waals surface area contributed by atoms with E-state index in [1.807, 2.05) is 30.3 Å². The van der Waals surface area contributed by atoms with E-state index in [4.69, 9.17) is 21.3 Å². The molecule has 1 atom stereocenters. The number of ketones is 1. The van der Waals surface area contributed by atoms with E-state index in [-0.39, 0.29) is 5.78 Å². The molecule has 5 heteroatoms. The maximum Gasteiger partial charge on any atom is 0.339 e. The molecule has 5 aromatic rings. The van der Waals surface area contributed by atoms with Crippen molar-refractivity contribution in [2.75, 3.05) is 0 Å². The van der Waals surface area contributed by atoms with Gasteiger partial charge < -0.3 is 4.74 Å². The van der Waals surface area contributed by atoms with Gasteiger partial charge in [0.25, 0.3) is 0 Å². The zero-order chi connectivity index (χ0) is 28.2. The fourth-order valence-electron chi connectivity index (χ4n) is 5.69. The molecule has 0 N–H and O–H groups in total. The number of esters is 1. The number of benzene rings is 4. The molecule has 1 aliphatic carbocycles. The van der Waals surface area contributed by atoms with E-state index in [1.54, 1.807) is 54.6 Å². The number of Topliss-reactive ketones (excluding diaryl/α,β-unsaturated/α-hetero) is 1. The van der Waals surface area contributed by atoms with Crippen molar-refractivity contribution in [2.24, 2.45) is 0 Å². The van der Waals surface area contributed by atoms with E-state index < -0.39 is 12.1 Å². The second-order valence-corrected chi connectivity index (χ2v) is 11.0. The number of carbonyl (C=O) groups is 2. The minimum Gasteiger partial charge on any atom is -0.445 e. The summed E-state index contributed by atoms with van der Waals surface area (Å²) in [5.41, 5.74) is 5.03. The number of halogens is 1. The Morgan fingerprint density at radius 1 is 0.780 bits per heavy atom. The lowest BCUT2D eigenvalue weighted by Gasteiger charge is -2.22. The molecular weight excluding hydrogens is 530 g/mol. The second kappa shape index (κ2) is 12.1. The van der Waals surface area contributed by atoms with Crippen molar-refractivity contribution in [2.45, 2.75) is 44.1 Å². The summed E-state index contributed by atoms with van der Waals surface area (Å²) in [7, 11) is 0. The molecule has 0 unspecified atom stereocenters. The number of carbonyl (C=O) groups excluding carboxylic acids is 2. The highest BCUT2D eigenvalue weighted by Crippen LogP contribution is 2.34. The van der Waals surface area contributed by atoms with Gasteiger partial charge in [-0.15, -0.1) is 0 Å². The number of nitrogens with zero attached hydrogens (tertiary/aromatic N) is 1. The highest BCUT2D eigenvalue weighted by molar-refractivity contribution is 6.30. The fraction of sp³-hybridized carbons (Fsp3) is 0.194. The van der Waals surface area contributed by atoms with Crippen molar-refractivity contribution < 1.29 is 14.3 Å². The summed E-state index contributed by atoms with van der Waals surface area (Å²) in [4.78, 5) is 32.3. The average Bonchev–Trinajstić information content (AvgIpc) is 3.04. The number of aromatic nitrogens is 1. The summed E-state index contributed by atoms with van der Waals surface area (Å²) < 4.78 is 6.02. The number of hydrogen-bond donors (Lipinski definition) is 0. The first-order chi connectivity index (χ1) is 20.1. The minimum atomic E-state index is -1.13. The van der Waals surface area contributed by atoms with Gasteiger partial charge in [0.1, 0.15) is 0 Å². The van der Waals surface area contributed by atoms with Crippen LogP contribution < -0.4 is 0 Å². The van der Waals surface area contributed by atoms with Gasteiger partial charge in [-0.25, -0.2) is 9.78 Å². The molecule has 6 rings (SSSR count). The van der Waals surface area contributed by atoms with Gasteiger partial charge in [-0.3, -0.25) is 4.79 Å². The topological polar surface area (TPSA) is 56.3 Å². The van der Waals surface area contributed by atoms with Crippen molar-refractivity contribution in [3.63, 3.8) is 0 Å². The molecule has 1 heterocycles. The highest BCUT2D eigenvalue weighted by atomic mass is 35.5. The molecule has 1 aliphatic rings. The van der Waals surface area contributed by atoms with Crippen LogP contribution in [0.2, 0.25) is 5.02 Å². The molecule has 0 amide bonds. The number of pyridine rings is 1. The summed E-state index contributed by atoms with van der Waals surface area (Å²) in [5.74, 6) is -0.286. The van der Waals surface area contributed by atoms with Crippen molar-refractivity contribution >= 4 is 34.3 Å². The molecule has 41 heavy (non-hydrogen) atoms. The van der Waals surface area contributed by atoms with Crippen LogP contribution >= 0.6 is 11.6 Å². The third-order valence-corrected chi connectivity index (χ3v) is 8.17. The van der Waals surface area contributed by atoms with E-state index in [9.17, 15) is 9.59 Å². The first-order valence-corrected chi connectivity index (χ1v) is 14.5. The van der Waals surface area contributed by atoms with Crippen LogP contribution in [-0.4, -0.2) is 16.7 Å². The van der Waals surface area contributed by atoms with Gasteiger partial charge in [0.05, 0.1) is 16.8 Å². The zero-order valence-electron chi connectivity index (χ0n) is 22.6. The summed E-state index contributed by atoms with van der Waals surface area (Å²) in [6.07, 6.45) is 5.24. The lowest BCUT2D eigenvalue weighted by molar-refractivity contribution is 0.0282. The van der Waals surface area contributed by atoms with E-state index in [0.29, 0.717) is 44.2 Å². The summed E-state index contributed by atoms with van der Waals surface area (Å²) in [6.45, 7) is 0. The maximum absolute atomic E-state index is 13.9. The first-order valence-electron chi connectivity index (χ1n) is 14.1. The van der Waals surface area contributed by atoms with Gasteiger partial charge in [-0.05, 0) is 48.6 Å². The molecule has 1 fully saturated rings. The fourth-order valence-corrected chi connectivity index (χ4v) is 5.81. The predicted molar refractivity (Wildman–Crippen MR) is 163 cm³/mol. The van der Waals surface area contributed by atoms with Gasteiger partial charge in [0.2, 0.25) is 5.78 Å². The van der Waals surface area contributed by atoms with Gasteiger partial charge >= 0.3 is 5.97 Å². The van der Waals surface area contributed by atoms with Gasteiger partial charge in [0.15, 0.2) is 6.10 Å². The van der Waals surface area contributed by atoms with E-state index in [1.165, 1.54) is 37.7 Å². The molecule has 204 valence electrons. The Morgan fingerprint density at radius 3 is 2.20 bits per heavy atom. The molecule has 0 aliphatic heterocycles. The first kappa shape index (κ1) is 26.9. The van der Waals surface area contributed by atoms with Crippen molar-refractivity contribution in [3.05, 3.63) is 136 Å². The largest absolute Gasteiger partial charge is 0.445 e. The van der Waals surface area contributed by atoms with Crippen LogP contribution in [0.25, 0.3) is 22.2 Å². The standard InChI is InChI=1S/C36H30ClNO3/c37-29-21-19-28(20-22-29)35(34(39)27-11-5-2-6-12-27)41-36(40)31-23-33(38-32-14-8-7-13-30(31)32)26-17-15-25(16-18-26)24-9-3-1-4-10-24/h2,5-8,11-24,35H,1,3-4,9-10H2/t35-/m1/s1. The van der Waals surface area contributed by atoms with Crippen molar-refractivity contribution in [1.82, 2.24) is 4.98 Å². The Balaban J connectivity index is 1.36. The Morgan fingerprint density at radius 2 is 1.46 bits per heavy atom. The van der Waals surface area contributed by atoms with Crippen LogP contribution in [0.15, 0.2) is 109 Å². The SMILES string of the molecule is O=C(O[C@@H](C(=O)c1ccccc1)c1ccc(Cl)cc1)c1cc(-c2ccc(C3CCCCC3)cc2)nc2ccccc12. The van der Waals surface area contributed by atoms with Gasteiger partial charge in [0, 0.05) is 27.1 Å². The normalized spacial score (nSPS) is 14.5. The number of rotatable bonds is 7. The Kier molecular flexibility index (Phi) is 7.93. The van der Waals surface area contributed by atoms with E-state index in [0.717, 1.165) is 5.56 Å². The average molecular weight is 560 g/mol. The van der Waals surface area contributed by atoms with Crippen molar-refractivity contribution in [1.29, 1.82) is 0 Å². The van der Waals surface area contributed by atoms with Gasteiger partial charge in [-0.2, -0.15) is 0 Å². The smallest absolute Gasteiger partial charge is 0.339 e. The molecule has 4 nitrogen and oxygen atoms in total. The van der Waals surface area contributed by atoms with Crippen LogP contribution in [0.1, 0.15) is 76.0 Å². The third kappa shape index (κ3) is 5.94. The van der Waals surface area contributed by atoms with Crippen LogP contribution in [0.5, 0.6) is 0 Å². The van der Waals surface area contributed by atoms with Crippen LogP contribution in [0.4, 0.5) is 0 Å². The predicted octanol–water partition coefficient (Wildman–Crippen LogP) is 9.38. The summed E-state index contributed by atoms with van der Waals surface area (Å²) in [5, 5.41) is 1.20. The molecule has 4 aromatic carbocycles. The van der Waals surface area contributed by atoms with Crippen LogP contribution in [0, 0.1) is 0 Å². The highest BCUT2D eigenvalue weighted by Gasteiger charge is 2.28. The molecule has 0 bridgehead atoms. The van der Waals surface area contributed by atoms with Crippen molar-refractivity contribution in [3.8, 4) is 11.3 Å². The molecule has 0 radical (unpaired) electrons. The Labute approximate surface area is 245 Å². The van der Waals surface area contributed by atoms with Crippen LogP contribution in [-0.2, 0) is 4.74 Å². The Bertz CT molecular complexity index is 1670. The second-order valence-electron chi connectivity index (χ2n) is 10.6. The summed E-state index contributed by atoms with van der Waals surface area (Å²) in [6, 6.07) is 33.5. The molecule has 1 saturated carbocycles. The quantitative estimate of drug-likeness (QED) is 0.147. The molecular formula is C36H30ClNO3.